The molecule has 1 heterocycles. The van der Waals surface area contributed by atoms with Gasteiger partial charge in [-0.1, -0.05) is 11.6 Å². The Morgan fingerprint density at radius 3 is 2.80 bits per heavy atom. The molecule has 1 aromatic heterocycles. The van der Waals surface area contributed by atoms with E-state index in [-0.39, 0.29) is 27.6 Å². The molecule has 8 heteroatoms. The van der Waals surface area contributed by atoms with Crippen molar-refractivity contribution in [3.63, 3.8) is 0 Å². The number of anilines is 2. The van der Waals surface area contributed by atoms with E-state index in [4.69, 9.17) is 17.3 Å². The van der Waals surface area contributed by atoms with E-state index in [1.165, 1.54) is 36.7 Å². The number of nitrogens with two attached hydrogens (primary N) is 1. The molecule has 1 aromatic carbocycles. The van der Waals surface area contributed by atoms with Gasteiger partial charge in [0.25, 0.3) is 11.6 Å². The smallest absolute Gasteiger partial charge is 0.289 e. The van der Waals surface area contributed by atoms with Crippen molar-refractivity contribution in [2.75, 3.05) is 11.1 Å². The number of nitrogen functional groups attached to an aromatic ring is 1. The maximum atomic E-state index is 12.0. The van der Waals surface area contributed by atoms with Crippen molar-refractivity contribution in [3.8, 4) is 0 Å². The summed E-state index contributed by atoms with van der Waals surface area (Å²) in [6.45, 7) is 0. The highest BCUT2D eigenvalue weighted by atomic mass is 35.5. The van der Waals surface area contributed by atoms with Gasteiger partial charge >= 0.3 is 0 Å². The van der Waals surface area contributed by atoms with Crippen molar-refractivity contribution < 1.29 is 9.72 Å². The summed E-state index contributed by atoms with van der Waals surface area (Å²) in [4.78, 5) is 25.9. The second-order valence-corrected chi connectivity index (χ2v) is 4.25. The fraction of sp³-hybridized carbons (Fsp3) is 0. The van der Waals surface area contributed by atoms with Crippen LogP contribution >= 0.6 is 11.6 Å². The van der Waals surface area contributed by atoms with Crippen molar-refractivity contribution in [3.05, 3.63) is 57.4 Å². The lowest BCUT2D eigenvalue weighted by molar-refractivity contribution is -0.384. The number of hydrogen-bond donors (Lipinski definition) is 2. The molecule has 2 aromatic rings. The molecule has 0 aliphatic rings. The first kappa shape index (κ1) is 13.8. The molecule has 0 bridgehead atoms. The fourth-order valence-corrected chi connectivity index (χ4v) is 1.71. The number of aromatic nitrogens is 1. The lowest BCUT2D eigenvalue weighted by Gasteiger charge is -2.07. The average Bonchev–Trinajstić information content (AvgIpc) is 2.41. The summed E-state index contributed by atoms with van der Waals surface area (Å²) < 4.78 is 0. The van der Waals surface area contributed by atoms with Gasteiger partial charge in [0, 0.05) is 29.8 Å². The van der Waals surface area contributed by atoms with Gasteiger partial charge < -0.3 is 11.1 Å². The Balaban J connectivity index is 2.27. The number of carbonyl (C=O) groups is 1. The third kappa shape index (κ3) is 2.83. The standard InChI is InChI=1S/C12H9ClN4O3/c13-9-2-1-7(5-11(9)17(19)20)16-12(18)8-6-15-4-3-10(8)14/h1-6H,(H2,14,15)(H,16,18). The zero-order valence-corrected chi connectivity index (χ0v) is 10.8. The quantitative estimate of drug-likeness (QED) is 0.667. The molecule has 102 valence electrons. The van der Waals surface area contributed by atoms with Crippen molar-refractivity contribution in [2.45, 2.75) is 0 Å². The van der Waals surface area contributed by atoms with Gasteiger partial charge in [-0.15, -0.1) is 0 Å². The summed E-state index contributed by atoms with van der Waals surface area (Å²) in [5, 5.41) is 13.3. The Bertz CT molecular complexity index is 690. The van der Waals surface area contributed by atoms with Crippen LogP contribution in [0, 0.1) is 10.1 Å². The summed E-state index contributed by atoms with van der Waals surface area (Å²) in [6.07, 6.45) is 2.77. The minimum absolute atomic E-state index is 0.00566. The van der Waals surface area contributed by atoms with Gasteiger partial charge in [-0.05, 0) is 18.2 Å². The summed E-state index contributed by atoms with van der Waals surface area (Å²) >= 11 is 5.69. The highest BCUT2D eigenvalue weighted by molar-refractivity contribution is 6.32. The largest absolute Gasteiger partial charge is 0.398 e. The Morgan fingerprint density at radius 1 is 1.40 bits per heavy atom. The highest BCUT2D eigenvalue weighted by Crippen LogP contribution is 2.27. The third-order valence-corrected chi connectivity index (χ3v) is 2.82. The van der Waals surface area contributed by atoms with E-state index in [9.17, 15) is 14.9 Å². The normalized spacial score (nSPS) is 10.1. The minimum atomic E-state index is -0.629. The van der Waals surface area contributed by atoms with Crippen LogP contribution in [0.2, 0.25) is 5.02 Å². The second kappa shape index (κ2) is 5.54. The summed E-state index contributed by atoms with van der Waals surface area (Å²) in [6, 6.07) is 5.45. The number of rotatable bonds is 3. The predicted octanol–water partition coefficient (Wildman–Crippen LogP) is 2.48. The average molecular weight is 293 g/mol. The Hall–Kier alpha value is -2.67. The molecule has 3 N–H and O–H groups in total. The van der Waals surface area contributed by atoms with Gasteiger partial charge in [-0.3, -0.25) is 19.9 Å². The number of nitrogens with zero attached hydrogens (tertiary/aromatic N) is 2. The maximum absolute atomic E-state index is 12.0. The number of benzene rings is 1. The molecule has 0 aliphatic heterocycles. The maximum Gasteiger partial charge on any atom is 0.289 e. The monoisotopic (exact) mass is 292 g/mol. The number of nitrogens with one attached hydrogen (secondary N) is 1. The zero-order chi connectivity index (χ0) is 14.7. The SMILES string of the molecule is Nc1ccncc1C(=O)Nc1ccc(Cl)c([N+](=O)[O-])c1. The van der Waals surface area contributed by atoms with E-state index in [0.29, 0.717) is 0 Å². The summed E-state index contributed by atoms with van der Waals surface area (Å²) in [7, 11) is 0. The van der Waals surface area contributed by atoms with E-state index in [0.717, 1.165) is 0 Å². The van der Waals surface area contributed by atoms with Gasteiger partial charge in [0.05, 0.1) is 10.5 Å². The molecule has 0 radical (unpaired) electrons. The number of carbonyl (C=O) groups excluding carboxylic acids is 1. The van der Waals surface area contributed by atoms with Gasteiger partial charge in [-0.2, -0.15) is 0 Å². The number of pyridine rings is 1. The molecular formula is C12H9ClN4O3. The van der Waals surface area contributed by atoms with Crippen LogP contribution in [-0.4, -0.2) is 15.8 Å². The van der Waals surface area contributed by atoms with Crippen LogP contribution < -0.4 is 11.1 Å². The number of amides is 1. The first-order chi connectivity index (χ1) is 9.49. The van der Waals surface area contributed by atoms with Crippen molar-refractivity contribution in [1.82, 2.24) is 4.98 Å². The summed E-state index contributed by atoms with van der Waals surface area (Å²) in [5.74, 6) is -0.507. The molecule has 1 amide bonds. The van der Waals surface area contributed by atoms with E-state index >= 15 is 0 Å². The molecule has 0 atom stereocenters. The number of halogens is 1. The fourth-order valence-electron chi connectivity index (χ4n) is 1.52. The van der Waals surface area contributed by atoms with Gasteiger partial charge in [0.1, 0.15) is 5.02 Å². The number of hydrogen-bond acceptors (Lipinski definition) is 5. The lowest BCUT2D eigenvalue weighted by Crippen LogP contribution is -2.14. The molecule has 2 rings (SSSR count). The van der Waals surface area contributed by atoms with Crippen LogP contribution in [0.1, 0.15) is 10.4 Å². The second-order valence-electron chi connectivity index (χ2n) is 3.84. The van der Waals surface area contributed by atoms with E-state index in [1.807, 2.05) is 0 Å². The van der Waals surface area contributed by atoms with Crippen LogP contribution in [0.4, 0.5) is 17.1 Å². The third-order valence-electron chi connectivity index (χ3n) is 2.50. The highest BCUT2D eigenvalue weighted by Gasteiger charge is 2.15. The van der Waals surface area contributed by atoms with Gasteiger partial charge in [0.2, 0.25) is 0 Å². The summed E-state index contributed by atoms with van der Waals surface area (Å²) in [5.41, 5.74) is 6.05. The first-order valence-corrected chi connectivity index (χ1v) is 5.81. The van der Waals surface area contributed by atoms with E-state index in [1.54, 1.807) is 0 Å². The zero-order valence-electron chi connectivity index (χ0n) is 10.0. The molecular weight excluding hydrogens is 284 g/mol. The Kier molecular flexibility index (Phi) is 3.81. The van der Waals surface area contributed by atoms with Crippen LogP contribution in [0.5, 0.6) is 0 Å². The predicted molar refractivity (Wildman–Crippen MR) is 74.7 cm³/mol. The van der Waals surface area contributed by atoms with Crippen LogP contribution in [0.3, 0.4) is 0 Å². The van der Waals surface area contributed by atoms with Gasteiger partial charge in [0.15, 0.2) is 0 Å². The van der Waals surface area contributed by atoms with E-state index < -0.39 is 10.8 Å². The van der Waals surface area contributed by atoms with Crippen LogP contribution in [0.25, 0.3) is 0 Å². The molecule has 0 saturated heterocycles. The number of nitro benzene ring substituents is 1. The molecule has 0 spiro atoms. The first-order valence-electron chi connectivity index (χ1n) is 5.44. The van der Waals surface area contributed by atoms with Crippen molar-refractivity contribution in [2.24, 2.45) is 0 Å². The minimum Gasteiger partial charge on any atom is -0.398 e. The molecule has 20 heavy (non-hydrogen) atoms. The van der Waals surface area contributed by atoms with Gasteiger partial charge in [-0.25, -0.2) is 0 Å². The van der Waals surface area contributed by atoms with Crippen molar-refractivity contribution >= 4 is 34.6 Å². The van der Waals surface area contributed by atoms with Crippen LogP contribution in [-0.2, 0) is 0 Å². The van der Waals surface area contributed by atoms with Crippen LogP contribution in [0.15, 0.2) is 36.7 Å². The lowest BCUT2D eigenvalue weighted by atomic mass is 10.2. The molecule has 7 nitrogen and oxygen atoms in total. The number of nitro groups is 1. The Morgan fingerprint density at radius 2 is 2.15 bits per heavy atom. The topological polar surface area (TPSA) is 111 Å². The molecule has 0 aliphatic carbocycles. The molecule has 0 saturated carbocycles. The molecule has 0 fully saturated rings. The Labute approximate surface area is 118 Å². The molecule has 0 unspecified atom stereocenters. The van der Waals surface area contributed by atoms with E-state index in [2.05, 4.69) is 10.3 Å². The van der Waals surface area contributed by atoms with Crippen molar-refractivity contribution in [1.29, 1.82) is 0 Å².